The number of hydrogen-bond acceptors (Lipinski definition) is 2. The van der Waals surface area contributed by atoms with E-state index in [0.717, 1.165) is 19.1 Å². The van der Waals surface area contributed by atoms with E-state index in [4.69, 9.17) is 16.3 Å². The quantitative estimate of drug-likeness (QED) is 0.678. The van der Waals surface area contributed by atoms with E-state index < -0.39 is 0 Å². The fourth-order valence-corrected chi connectivity index (χ4v) is 2.29. The first-order chi connectivity index (χ1) is 7.21. The minimum Gasteiger partial charge on any atom is -0.374 e. The van der Waals surface area contributed by atoms with Gasteiger partial charge in [-0.15, -0.1) is 11.6 Å². The smallest absolute Gasteiger partial charge is 0.0837 e. The van der Waals surface area contributed by atoms with Crippen LogP contribution in [0.15, 0.2) is 0 Å². The van der Waals surface area contributed by atoms with Crippen molar-refractivity contribution in [1.29, 1.82) is 0 Å². The fourth-order valence-electron chi connectivity index (χ4n) is 2.10. The minimum absolute atomic E-state index is 0.234. The number of rotatable bonds is 5. The summed E-state index contributed by atoms with van der Waals surface area (Å²) in [6.45, 7) is 9.83. The van der Waals surface area contributed by atoms with Crippen LogP contribution >= 0.6 is 11.6 Å². The van der Waals surface area contributed by atoms with Crippen LogP contribution in [0, 0.1) is 5.92 Å². The van der Waals surface area contributed by atoms with Gasteiger partial charge in [0.05, 0.1) is 12.7 Å². The normalized spacial score (nSPS) is 28.6. The predicted octanol–water partition coefficient (Wildman–Crippen LogP) is 2.75. The van der Waals surface area contributed by atoms with Gasteiger partial charge in [0, 0.05) is 25.0 Å². The highest BCUT2D eigenvalue weighted by Crippen LogP contribution is 2.17. The lowest BCUT2D eigenvalue weighted by Gasteiger charge is -2.39. The third kappa shape index (κ3) is 3.93. The van der Waals surface area contributed by atoms with Gasteiger partial charge in [-0.25, -0.2) is 0 Å². The Morgan fingerprint density at radius 1 is 1.40 bits per heavy atom. The summed E-state index contributed by atoms with van der Waals surface area (Å²) in [7, 11) is 0. The molecule has 15 heavy (non-hydrogen) atoms. The zero-order chi connectivity index (χ0) is 11.3. The van der Waals surface area contributed by atoms with Crippen molar-refractivity contribution in [1.82, 2.24) is 4.90 Å². The molecule has 1 heterocycles. The third-order valence-electron chi connectivity index (χ3n) is 3.45. The molecule has 2 nitrogen and oxygen atoms in total. The van der Waals surface area contributed by atoms with Crippen LogP contribution in [-0.4, -0.2) is 42.6 Å². The molecule has 2 unspecified atom stereocenters. The van der Waals surface area contributed by atoms with Gasteiger partial charge in [-0.3, -0.25) is 4.90 Å². The lowest BCUT2D eigenvalue weighted by Crippen LogP contribution is -2.50. The van der Waals surface area contributed by atoms with Gasteiger partial charge < -0.3 is 4.74 Å². The van der Waals surface area contributed by atoms with E-state index in [1.807, 2.05) is 0 Å². The van der Waals surface area contributed by atoms with Crippen LogP contribution < -0.4 is 0 Å². The Balaban J connectivity index is 2.43. The van der Waals surface area contributed by atoms with Crippen LogP contribution in [0.5, 0.6) is 0 Å². The van der Waals surface area contributed by atoms with Crippen molar-refractivity contribution in [3.8, 4) is 0 Å². The molecule has 0 spiro atoms. The Labute approximate surface area is 98.9 Å². The molecule has 3 heteroatoms. The molecule has 1 saturated heterocycles. The summed E-state index contributed by atoms with van der Waals surface area (Å²) in [5.74, 6) is 1.44. The van der Waals surface area contributed by atoms with Crippen molar-refractivity contribution >= 4 is 11.6 Å². The van der Waals surface area contributed by atoms with Crippen LogP contribution in [0.25, 0.3) is 0 Å². The van der Waals surface area contributed by atoms with Gasteiger partial charge in [0.2, 0.25) is 0 Å². The van der Waals surface area contributed by atoms with Crippen LogP contribution in [0.1, 0.15) is 33.6 Å². The molecule has 0 saturated carbocycles. The Bertz CT molecular complexity index is 173. The lowest BCUT2D eigenvalue weighted by molar-refractivity contribution is -0.0529. The summed E-state index contributed by atoms with van der Waals surface area (Å²) in [4.78, 5) is 2.54. The molecule has 1 aliphatic rings. The largest absolute Gasteiger partial charge is 0.374 e. The molecule has 1 rings (SSSR count). The maximum Gasteiger partial charge on any atom is 0.0837 e. The highest BCUT2D eigenvalue weighted by atomic mass is 35.5. The molecule has 0 radical (unpaired) electrons. The van der Waals surface area contributed by atoms with E-state index in [-0.39, 0.29) is 6.10 Å². The second-order valence-electron chi connectivity index (χ2n) is 4.60. The van der Waals surface area contributed by atoms with Crippen molar-refractivity contribution < 1.29 is 4.74 Å². The topological polar surface area (TPSA) is 12.5 Å². The molecular weight excluding hydrogens is 210 g/mol. The number of morpholine rings is 1. The zero-order valence-corrected chi connectivity index (χ0v) is 11.0. The predicted molar refractivity (Wildman–Crippen MR) is 65.6 cm³/mol. The molecule has 0 N–H and O–H groups in total. The third-order valence-corrected chi connectivity index (χ3v) is 3.80. The van der Waals surface area contributed by atoms with Gasteiger partial charge >= 0.3 is 0 Å². The minimum atomic E-state index is 0.234. The van der Waals surface area contributed by atoms with Crippen molar-refractivity contribution in [2.24, 2.45) is 5.92 Å². The number of halogens is 1. The highest BCUT2D eigenvalue weighted by molar-refractivity contribution is 6.18. The van der Waals surface area contributed by atoms with Gasteiger partial charge in [0.1, 0.15) is 0 Å². The van der Waals surface area contributed by atoms with Gasteiger partial charge in [0.25, 0.3) is 0 Å². The molecule has 2 atom stereocenters. The van der Waals surface area contributed by atoms with E-state index in [2.05, 4.69) is 25.7 Å². The maximum atomic E-state index is 5.85. The average Bonchev–Trinajstić information content (AvgIpc) is 2.28. The summed E-state index contributed by atoms with van der Waals surface area (Å²) < 4.78 is 5.64. The molecule has 0 aliphatic carbocycles. The Kier molecular flexibility index (Phi) is 5.95. The Morgan fingerprint density at radius 3 is 2.60 bits per heavy atom. The monoisotopic (exact) mass is 233 g/mol. The lowest BCUT2D eigenvalue weighted by atomic mass is 10.0. The molecule has 0 aromatic rings. The maximum absolute atomic E-state index is 5.85. The summed E-state index contributed by atoms with van der Waals surface area (Å²) in [5, 5.41) is 0. The van der Waals surface area contributed by atoms with Crippen molar-refractivity contribution in [2.45, 2.75) is 45.8 Å². The molecule has 0 amide bonds. The number of hydrogen-bond donors (Lipinski definition) is 0. The molecule has 1 fully saturated rings. The summed E-state index contributed by atoms with van der Waals surface area (Å²) >= 11 is 5.85. The van der Waals surface area contributed by atoms with Crippen molar-refractivity contribution in [3.05, 3.63) is 0 Å². The average molecular weight is 234 g/mol. The number of ether oxygens (including phenoxy) is 1. The van der Waals surface area contributed by atoms with Gasteiger partial charge in [-0.1, -0.05) is 26.7 Å². The SMILES string of the molecule is CCC(CC)CN1CC(CCl)OCC1C. The second kappa shape index (κ2) is 6.72. The van der Waals surface area contributed by atoms with Gasteiger partial charge in [-0.2, -0.15) is 0 Å². The Hall–Kier alpha value is 0.210. The first kappa shape index (κ1) is 13.3. The molecule has 0 aromatic carbocycles. The van der Waals surface area contributed by atoms with E-state index in [9.17, 15) is 0 Å². The van der Waals surface area contributed by atoms with E-state index in [0.29, 0.717) is 11.9 Å². The van der Waals surface area contributed by atoms with Crippen LogP contribution in [0.3, 0.4) is 0 Å². The van der Waals surface area contributed by atoms with Crippen LogP contribution in [0.2, 0.25) is 0 Å². The van der Waals surface area contributed by atoms with E-state index in [1.54, 1.807) is 0 Å². The second-order valence-corrected chi connectivity index (χ2v) is 4.90. The highest BCUT2D eigenvalue weighted by Gasteiger charge is 2.26. The molecule has 1 aliphatic heterocycles. The fraction of sp³-hybridized carbons (Fsp3) is 1.00. The summed E-state index contributed by atoms with van der Waals surface area (Å²) in [6.07, 6.45) is 2.77. The van der Waals surface area contributed by atoms with Gasteiger partial charge in [-0.05, 0) is 12.8 Å². The van der Waals surface area contributed by atoms with Gasteiger partial charge in [0.15, 0.2) is 0 Å². The summed E-state index contributed by atoms with van der Waals surface area (Å²) in [5.41, 5.74) is 0. The number of nitrogens with zero attached hydrogens (tertiary/aromatic N) is 1. The van der Waals surface area contributed by atoms with Crippen LogP contribution in [-0.2, 0) is 4.74 Å². The Morgan fingerprint density at radius 2 is 2.07 bits per heavy atom. The molecule has 0 bridgehead atoms. The van der Waals surface area contributed by atoms with E-state index >= 15 is 0 Å². The first-order valence-corrected chi connectivity index (χ1v) is 6.66. The first-order valence-electron chi connectivity index (χ1n) is 6.12. The van der Waals surface area contributed by atoms with Crippen LogP contribution in [0.4, 0.5) is 0 Å². The number of alkyl halides is 1. The standard InChI is InChI=1S/C12H24ClNO/c1-4-11(5-2)7-14-8-12(6-13)15-9-10(14)3/h10-12H,4-9H2,1-3H3. The van der Waals surface area contributed by atoms with Crippen molar-refractivity contribution in [2.75, 3.05) is 25.6 Å². The molecule has 90 valence electrons. The summed E-state index contributed by atoms with van der Waals surface area (Å²) in [6, 6.07) is 0.546. The zero-order valence-electron chi connectivity index (χ0n) is 10.2. The molecular formula is C12H24ClNO. The molecule has 0 aromatic heterocycles. The van der Waals surface area contributed by atoms with Crippen molar-refractivity contribution in [3.63, 3.8) is 0 Å². The van der Waals surface area contributed by atoms with E-state index in [1.165, 1.54) is 19.4 Å².